The number of aromatic nitrogens is 2. The van der Waals surface area contributed by atoms with Crippen molar-refractivity contribution >= 4 is 0 Å². The number of nitrogens with zero attached hydrogens (tertiary/aromatic N) is 2. The van der Waals surface area contributed by atoms with E-state index >= 15 is 0 Å². The van der Waals surface area contributed by atoms with Crippen LogP contribution < -0.4 is 5.32 Å². The fourth-order valence-electron chi connectivity index (χ4n) is 3.07. The Bertz CT molecular complexity index is 589. The van der Waals surface area contributed by atoms with Gasteiger partial charge in [0.1, 0.15) is 0 Å². The summed E-state index contributed by atoms with van der Waals surface area (Å²) in [7, 11) is 0. The van der Waals surface area contributed by atoms with Gasteiger partial charge >= 0.3 is 0 Å². The summed E-state index contributed by atoms with van der Waals surface area (Å²) in [4.78, 5) is 4.62. The van der Waals surface area contributed by atoms with E-state index in [1.807, 2.05) is 0 Å². The average Bonchev–Trinajstić information content (AvgIpc) is 2.88. The standard InChI is InChI=1S/C16H21N3O/c1-10-8-11(2)14(12(3)9-10)16-18-15(19-20-16)13-6-4-5-7-17-13/h8-9,13,17H,4-7H2,1-3H3. The molecule has 2 aromatic rings. The number of hydrogen-bond acceptors (Lipinski definition) is 4. The average molecular weight is 271 g/mol. The van der Waals surface area contributed by atoms with E-state index in [2.05, 4.69) is 48.4 Å². The van der Waals surface area contributed by atoms with E-state index in [1.165, 1.54) is 29.5 Å². The number of piperidine rings is 1. The summed E-state index contributed by atoms with van der Waals surface area (Å²) in [5, 5.41) is 7.63. The van der Waals surface area contributed by atoms with Crippen molar-refractivity contribution in [3.8, 4) is 11.5 Å². The first kappa shape index (κ1) is 13.3. The van der Waals surface area contributed by atoms with Gasteiger partial charge in [-0.05, 0) is 51.3 Å². The summed E-state index contributed by atoms with van der Waals surface area (Å²) < 4.78 is 5.50. The molecule has 20 heavy (non-hydrogen) atoms. The highest BCUT2D eigenvalue weighted by Crippen LogP contribution is 2.29. The van der Waals surface area contributed by atoms with Crippen LogP contribution in [0.1, 0.15) is 47.8 Å². The van der Waals surface area contributed by atoms with Crippen molar-refractivity contribution in [1.29, 1.82) is 0 Å². The van der Waals surface area contributed by atoms with Gasteiger partial charge in [-0.25, -0.2) is 0 Å². The predicted octanol–water partition coefficient (Wildman–Crippen LogP) is 3.48. The third-order valence-electron chi connectivity index (χ3n) is 3.95. The number of nitrogens with one attached hydrogen (secondary N) is 1. The second-order valence-corrected chi connectivity index (χ2v) is 5.73. The van der Waals surface area contributed by atoms with E-state index in [-0.39, 0.29) is 6.04 Å². The van der Waals surface area contributed by atoms with Crippen LogP contribution in [0, 0.1) is 20.8 Å². The molecule has 1 aliphatic rings. The highest BCUT2D eigenvalue weighted by Gasteiger charge is 2.22. The molecule has 0 radical (unpaired) electrons. The topological polar surface area (TPSA) is 51.0 Å². The van der Waals surface area contributed by atoms with Gasteiger partial charge in [0.25, 0.3) is 5.89 Å². The Kier molecular flexibility index (Phi) is 3.57. The zero-order chi connectivity index (χ0) is 14.1. The highest BCUT2D eigenvalue weighted by molar-refractivity contribution is 5.63. The monoisotopic (exact) mass is 271 g/mol. The summed E-state index contributed by atoms with van der Waals surface area (Å²) >= 11 is 0. The minimum atomic E-state index is 0.243. The van der Waals surface area contributed by atoms with E-state index < -0.39 is 0 Å². The van der Waals surface area contributed by atoms with E-state index in [4.69, 9.17) is 4.52 Å². The van der Waals surface area contributed by atoms with Gasteiger partial charge in [0.05, 0.1) is 6.04 Å². The van der Waals surface area contributed by atoms with Gasteiger partial charge in [-0.3, -0.25) is 0 Å². The molecule has 1 N–H and O–H groups in total. The maximum Gasteiger partial charge on any atom is 0.258 e. The second kappa shape index (κ2) is 5.37. The molecule has 1 fully saturated rings. The number of rotatable bonds is 2. The van der Waals surface area contributed by atoms with Crippen molar-refractivity contribution < 1.29 is 4.52 Å². The Morgan fingerprint density at radius 2 is 1.90 bits per heavy atom. The van der Waals surface area contributed by atoms with Crippen molar-refractivity contribution in [2.45, 2.75) is 46.1 Å². The van der Waals surface area contributed by atoms with Crippen molar-refractivity contribution in [2.75, 3.05) is 6.54 Å². The largest absolute Gasteiger partial charge is 0.334 e. The normalized spacial score (nSPS) is 19.2. The van der Waals surface area contributed by atoms with Crippen LogP contribution in [-0.4, -0.2) is 16.7 Å². The molecule has 1 saturated heterocycles. The van der Waals surface area contributed by atoms with Crippen LogP contribution in [0.25, 0.3) is 11.5 Å². The number of hydrogen-bond donors (Lipinski definition) is 1. The summed E-state index contributed by atoms with van der Waals surface area (Å²) in [5.41, 5.74) is 4.71. The van der Waals surface area contributed by atoms with Gasteiger partial charge in [0, 0.05) is 5.56 Å². The molecule has 0 amide bonds. The van der Waals surface area contributed by atoms with Crippen molar-refractivity contribution in [2.24, 2.45) is 0 Å². The van der Waals surface area contributed by atoms with E-state index in [0.717, 1.165) is 24.4 Å². The smallest absolute Gasteiger partial charge is 0.258 e. The Morgan fingerprint density at radius 3 is 2.55 bits per heavy atom. The van der Waals surface area contributed by atoms with E-state index in [1.54, 1.807) is 0 Å². The zero-order valence-electron chi connectivity index (χ0n) is 12.4. The first-order valence-corrected chi connectivity index (χ1v) is 7.30. The first-order valence-electron chi connectivity index (χ1n) is 7.30. The molecule has 0 aliphatic carbocycles. The summed E-state index contributed by atoms with van der Waals surface area (Å²) in [6.45, 7) is 7.34. The number of aryl methyl sites for hydroxylation is 3. The van der Waals surface area contributed by atoms with Crippen LogP contribution in [-0.2, 0) is 0 Å². The molecule has 0 spiro atoms. The number of benzene rings is 1. The molecule has 1 unspecified atom stereocenters. The molecule has 3 rings (SSSR count). The molecule has 4 nitrogen and oxygen atoms in total. The minimum Gasteiger partial charge on any atom is -0.334 e. The van der Waals surface area contributed by atoms with Crippen molar-refractivity contribution in [3.05, 3.63) is 34.6 Å². The fourth-order valence-corrected chi connectivity index (χ4v) is 3.07. The molecule has 0 bridgehead atoms. The molecule has 1 aromatic carbocycles. The maximum atomic E-state index is 5.50. The Hall–Kier alpha value is -1.68. The summed E-state index contributed by atoms with van der Waals surface area (Å²) in [5.74, 6) is 1.43. The van der Waals surface area contributed by atoms with Crippen LogP contribution >= 0.6 is 0 Å². The van der Waals surface area contributed by atoms with Crippen molar-refractivity contribution in [3.63, 3.8) is 0 Å². The Balaban J connectivity index is 1.94. The lowest BCUT2D eigenvalue weighted by atomic mass is 10.00. The molecule has 4 heteroatoms. The zero-order valence-corrected chi connectivity index (χ0v) is 12.4. The Labute approximate surface area is 119 Å². The van der Waals surface area contributed by atoms with Crippen molar-refractivity contribution in [1.82, 2.24) is 15.5 Å². The third kappa shape index (κ3) is 2.48. The summed E-state index contributed by atoms with van der Waals surface area (Å²) in [6, 6.07) is 4.56. The minimum absolute atomic E-state index is 0.243. The molecular formula is C16H21N3O. The van der Waals surface area contributed by atoms with Gasteiger partial charge in [0.15, 0.2) is 5.82 Å². The first-order chi connectivity index (χ1) is 9.65. The Morgan fingerprint density at radius 1 is 1.15 bits per heavy atom. The van der Waals surface area contributed by atoms with Crippen LogP contribution in [0.5, 0.6) is 0 Å². The van der Waals surface area contributed by atoms with E-state index in [9.17, 15) is 0 Å². The highest BCUT2D eigenvalue weighted by atomic mass is 16.5. The van der Waals surface area contributed by atoms with Gasteiger partial charge in [-0.1, -0.05) is 29.3 Å². The van der Waals surface area contributed by atoms with E-state index in [0.29, 0.717) is 5.89 Å². The third-order valence-corrected chi connectivity index (χ3v) is 3.95. The summed E-state index contributed by atoms with van der Waals surface area (Å²) in [6.07, 6.45) is 3.55. The lowest BCUT2D eigenvalue weighted by Crippen LogP contribution is -2.27. The lowest BCUT2D eigenvalue weighted by Gasteiger charge is -2.19. The second-order valence-electron chi connectivity index (χ2n) is 5.73. The predicted molar refractivity (Wildman–Crippen MR) is 78.5 cm³/mol. The molecule has 1 aromatic heterocycles. The van der Waals surface area contributed by atoms with Gasteiger partial charge in [-0.15, -0.1) is 0 Å². The maximum absolute atomic E-state index is 5.50. The lowest BCUT2D eigenvalue weighted by molar-refractivity contribution is 0.367. The fraction of sp³-hybridized carbons (Fsp3) is 0.500. The molecule has 1 atom stereocenters. The molecule has 2 heterocycles. The van der Waals surface area contributed by atoms with Crippen LogP contribution in [0.15, 0.2) is 16.7 Å². The SMILES string of the molecule is Cc1cc(C)c(-c2nc(C3CCCCN3)no2)c(C)c1. The molecule has 106 valence electrons. The molecule has 0 saturated carbocycles. The van der Waals surface area contributed by atoms with Gasteiger partial charge in [0.2, 0.25) is 0 Å². The quantitative estimate of drug-likeness (QED) is 0.908. The van der Waals surface area contributed by atoms with Crippen LogP contribution in [0.4, 0.5) is 0 Å². The van der Waals surface area contributed by atoms with Crippen LogP contribution in [0.3, 0.4) is 0 Å². The van der Waals surface area contributed by atoms with Gasteiger partial charge < -0.3 is 9.84 Å². The van der Waals surface area contributed by atoms with Gasteiger partial charge in [-0.2, -0.15) is 4.98 Å². The van der Waals surface area contributed by atoms with Crippen LogP contribution in [0.2, 0.25) is 0 Å². The molecular weight excluding hydrogens is 250 g/mol. The molecule has 1 aliphatic heterocycles.